The lowest BCUT2D eigenvalue weighted by Gasteiger charge is -2.17. The highest BCUT2D eigenvalue weighted by atomic mass is 32.2. The summed E-state index contributed by atoms with van der Waals surface area (Å²) in [5.74, 6) is -6.06. The van der Waals surface area contributed by atoms with Crippen LogP contribution in [0.15, 0.2) is 70.6 Å². The molecular weight excluding hydrogens is 458 g/mol. The molecule has 0 radical (unpaired) electrons. The lowest BCUT2D eigenvalue weighted by atomic mass is 10.2. The lowest BCUT2D eigenvalue weighted by Crippen LogP contribution is -2.27. The highest BCUT2D eigenvalue weighted by Crippen LogP contribution is 2.27. The third-order valence-electron chi connectivity index (χ3n) is 4.78. The molecule has 0 aliphatic rings. The van der Waals surface area contributed by atoms with Gasteiger partial charge in [-0.3, -0.25) is 14.2 Å². The van der Waals surface area contributed by atoms with E-state index in [-0.39, 0.29) is 16.2 Å². The average molecular weight is 473 g/mol. The highest BCUT2D eigenvalue weighted by molar-refractivity contribution is 8.00. The first-order chi connectivity index (χ1) is 15.8. The maximum atomic E-state index is 14.5. The normalized spacial score (nSPS) is 12.0. The monoisotopic (exact) mass is 473 g/mol. The van der Waals surface area contributed by atoms with E-state index in [2.05, 4.69) is 10.3 Å². The van der Waals surface area contributed by atoms with Gasteiger partial charge in [-0.25, -0.2) is 22.5 Å². The summed E-state index contributed by atoms with van der Waals surface area (Å²) in [4.78, 5) is 30.2. The number of hydrogen-bond acceptors (Lipinski definition) is 4. The Morgan fingerprint density at radius 2 is 1.64 bits per heavy atom. The summed E-state index contributed by atoms with van der Waals surface area (Å²) < 4.78 is 56.2. The van der Waals surface area contributed by atoms with Crippen molar-refractivity contribution in [2.75, 3.05) is 5.32 Å². The van der Waals surface area contributed by atoms with Crippen molar-refractivity contribution < 1.29 is 22.4 Å². The van der Waals surface area contributed by atoms with E-state index in [4.69, 9.17) is 0 Å². The van der Waals surface area contributed by atoms with E-state index in [0.29, 0.717) is 11.6 Å². The Morgan fingerprint density at radius 1 is 0.939 bits per heavy atom. The third kappa shape index (κ3) is 4.34. The van der Waals surface area contributed by atoms with Gasteiger partial charge in [0.1, 0.15) is 5.82 Å². The van der Waals surface area contributed by atoms with E-state index in [1.165, 1.54) is 25.1 Å². The summed E-state index contributed by atoms with van der Waals surface area (Å²) >= 11 is 0.826. The number of hydrogen-bond donors (Lipinski definition) is 1. The van der Waals surface area contributed by atoms with Gasteiger partial charge in [-0.2, -0.15) is 0 Å². The second-order valence-electron chi connectivity index (χ2n) is 6.98. The van der Waals surface area contributed by atoms with Crippen LogP contribution in [0.2, 0.25) is 0 Å². The van der Waals surface area contributed by atoms with E-state index >= 15 is 0 Å². The number of amides is 1. The minimum Gasteiger partial charge on any atom is -0.323 e. The predicted octanol–water partition coefficient (Wildman–Crippen LogP) is 5.06. The number of para-hydroxylation sites is 2. The second-order valence-corrected chi connectivity index (χ2v) is 8.28. The molecule has 1 aromatic heterocycles. The van der Waals surface area contributed by atoms with Crippen LogP contribution in [0.5, 0.6) is 0 Å². The van der Waals surface area contributed by atoms with Gasteiger partial charge in [0.05, 0.1) is 27.5 Å². The molecule has 168 valence electrons. The highest BCUT2D eigenvalue weighted by Gasteiger charge is 2.23. The molecule has 1 atom stereocenters. The number of anilines is 1. The fourth-order valence-corrected chi connectivity index (χ4v) is 4.03. The SMILES string of the molecule is CC(Sc1nc2ccccc2c(=O)n1-c1ccccc1F)C(=O)Nc1ccc(F)c(F)c1F. The molecular formula is C23H15F4N3O2S. The Kier molecular flexibility index (Phi) is 6.19. The van der Waals surface area contributed by atoms with Crippen LogP contribution in [-0.4, -0.2) is 20.7 Å². The molecule has 0 aliphatic carbocycles. The Hall–Kier alpha value is -3.66. The third-order valence-corrected chi connectivity index (χ3v) is 5.84. The molecule has 1 unspecified atom stereocenters. The van der Waals surface area contributed by atoms with Crippen LogP contribution in [-0.2, 0) is 4.79 Å². The number of nitrogens with zero attached hydrogens (tertiary/aromatic N) is 2. The second kappa shape index (κ2) is 9.07. The molecule has 3 aromatic carbocycles. The zero-order chi connectivity index (χ0) is 23.7. The standard InChI is InChI=1S/C23H15F4N3O2S/c1-12(21(31)28-17-11-10-15(25)19(26)20(17)27)33-23-29-16-8-4-2-6-13(16)22(32)30(23)18-9-5-3-7-14(18)24/h2-12H,1H3,(H,28,31). The molecule has 0 bridgehead atoms. The van der Waals surface area contributed by atoms with E-state index in [1.54, 1.807) is 30.3 Å². The van der Waals surface area contributed by atoms with Gasteiger partial charge in [-0.15, -0.1) is 0 Å². The summed E-state index contributed by atoms with van der Waals surface area (Å²) in [5, 5.41) is 1.50. The largest absolute Gasteiger partial charge is 0.323 e. The summed E-state index contributed by atoms with van der Waals surface area (Å²) in [5.41, 5.74) is -0.781. The number of thioether (sulfide) groups is 1. The summed E-state index contributed by atoms with van der Waals surface area (Å²) in [6.07, 6.45) is 0. The Balaban J connectivity index is 1.73. The van der Waals surface area contributed by atoms with Crippen molar-refractivity contribution in [3.63, 3.8) is 0 Å². The van der Waals surface area contributed by atoms with E-state index < -0.39 is 45.7 Å². The van der Waals surface area contributed by atoms with Gasteiger partial charge in [0, 0.05) is 0 Å². The predicted molar refractivity (Wildman–Crippen MR) is 118 cm³/mol. The van der Waals surface area contributed by atoms with Crippen molar-refractivity contribution in [3.05, 3.63) is 94.3 Å². The molecule has 33 heavy (non-hydrogen) atoms. The minimum atomic E-state index is -1.71. The molecule has 0 aliphatic heterocycles. The van der Waals surface area contributed by atoms with Gasteiger partial charge >= 0.3 is 0 Å². The van der Waals surface area contributed by atoms with Crippen LogP contribution in [0, 0.1) is 23.3 Å². The van der Waals surface area contributed by atoms with Crippen LogP contribution in [0.3, 0.4) is 0 Å². The fraction of sp³-hybridized carbons (Fsp3) is 0.0870. The fourth-order valence-electron chi connectivity index (χ4n) is 3.11. The molecule has 1 N–H and O–H groups in total. The van der Waals surface area contributed by atoms with E-state index in [1.807, 2.05) is 0 Å². The molecule has 0 spiro atoms. The molecule has 0 saturated carbocycles. The first-order valence-electron chi connectivity index (χ1n) is 9.65. The Labute approximate surface area is 189 Å². The molecule has 5 nitrogen and oxygen atoms in total. The summed E-state index contributed by atoms with van der Waals surface area (Å²) in [6.45, 7) is 1.45. The first kappa shape index (κ1) is 22.5. The van der Waals surface area contributed by atoms with Gasteiger partial charge in [0.15, 0.2) is 22.6 Å². The maximum Gasteiger partial charge on any atom is 0.266 e. The van der Waals surface area contributed by atoms with E-state index in [9.17, 15) is 27.2 Å². The van der Waals surface area contributed by atoms with Crippen LogP contribution in [0.1, 0.15) is 6.92 Å². The minimum absolute atomic E-state index is 0.0252. The number of aromatic nitrogens is 2. The van der Waals surface area contributed by atoms with Crippen molar-refractivity contribution in [1.29, 1.82) is 0 Å². The van der Waals surface area contributed by atoms with Gasteiger partial charge in [-0.1, -0.05) is 36.0 Å². The Bertz CT molecular complexity index is 1440. The number of carbonyl (C=O) groups is 1. The van der Waals surface area contributed by atoms with Crippen molar-refractivity contribution >= 4 is 34.3 Å². The number of fused-ring (bicyclic) bond motifs is 1. The summed E-state index contributed by atoms with van der Waals surface area (Å²) in [7, 11) is 0. The lowest BCUT2D eigenvalue weighted by molar-refractivity contribution is -0.115. The van der Waals surface area contributed by atoms with Crippen LogP contribution in [0.4, 0.5) is 23.2 Å². The van der Waals surface area contributed by atoms with E-state index in [0.717, 1.165) is 22.4 Å². The van der Waals surface area contributed by atoms with Crippen molar-refractivity contribution in [2.24, 2.45) is 0 Å². The van der Waals surface area contributed by atoms with Crippen molar-refractivity contribution in [1.82, 2.24) is 9.55 Å². The molecule has 1 amide bonds. The Morgan fingerprint density at radius 3 is 2.39 bits per heavy atom. The average Bonchev–Trinajstić information content (AvgIpc) is 2.80. The van der Waals surface area contributed by atoms with Gasteiger partial charge in [-0.05, 0) is 43.3 Å². The number of carbonyl (C=O) groups excluding carboxylic acids is 1. The molecule has 4 aromatic rings. The number of rotatable bonds is 5. The first-order valence-corrected chi connectivity index (χ1v) is 10.5. The summed E-state index contributed by atoms with van der Waals surface area (Å²) in [6, 6.07) is 13.7. The zero-order valence-corrected chi connectivity index (χ0v) is 17.8. The van der Waals surface area contributed by atoms with Crippen LogP contribution < -0.4 is 10.9 Å². The van der Waals surface area contributed by atoms with Crippen molar-refractivity contribution in [2.45, 2.75) is 17.3 Å². The van der Waals surface area contributed by atoms with Crippen molar-refractivity contribution in [3.8, 4) is 5.69 Å². The van der Waals surface area contributed by atoms with Gasteiger partial charge in [0.25, 0.3) is 5.56 Å². The molecule has 10 heteroatoms. The molecule has 0 saturated heterocycles. The quantitative estimate of drug-likeness (QED) is 0.191. The van der Waals surface area contributed by atoms with Crippen LogP contribution >= 0.6 is 11.8 Å². The number of halogens is 4. The molecule has 4 rings (SSSR count). The maximum absolute atomic E-state index is 14.5. The van der Waals surface area contributed by atoms with Gasteiger partial charge < -0.3 is 5.32 Å². The molecule has 0 fully saturated rings. The number of benzene rings is 3. The topological polar surface area (TPSA) is 64.0 Å². The van der Waals surface area contributed by atoms with Crippen LogP contribution in [0.25, 0.3) is 16.6 Å². The number of nitrogens with one attached hydrogen (secondary N) is 1. The zero-order valence-electron chi connectivity index (χ0n) is 17.0. The smallest absolute Gasteiger partial charge is 0.266 e. The molecule has 1 heterocycles. The van der Waals surface area contributed by atoms with Gasteiger partial charge in [0.2, 0.25) is 5.91 Å².